The SMILES string of the molecule is CC1CC2=C(C=C1n1c3ccccc3c3ccccc31)C1(C)C(=CC=CC1Br)N2c1ccccc1. The molecule has 0 amide bonds. The van der Waals surface area contributed by atoms with Gasteiger partial charge in [-0.25, -0.2) is 0 Å². The summed E-state index contributed by atoms with van der Waals surface area (Å²) in [6.45, 7) is 4.78. The number of fused-ring (bicyclic) bond motifs is 5. The molecule has 3 unspecified atom stereocenters. The highest BCUT2D eigenvalue weighted by molar-refractivity contribution is 9.09. The van der Waals surface area contributed by atoms with Gasteiger partial charge in [-0.15, -0.1) is 0 Å². The minimum Gasteiger partial charge on any atom is -0.317 e. The summed E-state index contributed by atoms with van der Waals surface area (Å²) in [5, 5.41) is 2.64. The van der Waals surface area contributed by atoms with E-state index in [9.17, 15) is 0 Å². The standard InChI is InChI=1S/C32H27BrN2/c1-21-19-29-25(32(2)30(33)17-10-18-31(32)34(29)22-11-4-3-5-12-22)20-28(21)35-26-15-8-6-13-23(26)24-14-7-9-16-27(24)35/h3-18,20-21,30H,19H2,1-2H3. The molecule has 2 nitrogen and oxygen atoms in total. The van der Waals surface area contributed by atoms with Crippen LogP contribution in [0.1, 0.15) is 20.3 Å². The largest absolute Gasteiger partial charge is 0.317 e. The summed E-state index contributed by atoms with van der Waals surface area (Å²) in [7, 11) is 0. The van der Waals surface area contributed by atoms with Gasteiger partial charge in [-0.3, -0.25) is 0 Å². The Morgan fingerprint density at radius 2 is 1.49 bits per heavy atom. The smallest absolute Gasteiger partial charge is 0.0537 e. The van der Waals surface area contributed by atoms with Crippen LogP contribution >= 0.6 is 15.9 Å². The molecule has 0 bridgehead atoms. The summed E-state index contributed by atoms with van der Waals surface area (Å²) >= 11 is 4.05. The average Bonchev–Trinajstić information content (AvgIpc) is 3.35. The number of halogens is 1. The molecule has 0 saturated carbocycles. The number of para-hydroxylation sites is 3. The van der Waals surface area contributed by atoms with Gasteiger partial charge in [-0.1, -0.05) is 89.6 Å². The van der Waals surface area contributed by atoms with Crippen LogP contribution in [0.5, 0.6) is 0 Å². The maximum absolute atomic E-state index is 4.05. The normalized spacial score (nSPS) is 25.6. The highest BCUT2D eigenvalue weighted by atomic mass is 79.9. The topological polar surface area (TPSA) is 8.17 Å². The molecule has 0 fully saturated rings. The molecule has 35 heavy (non-hydrogen) atoms. The van der Waals surface area contributed by atoms with E-state index in [1.54, 1.807) is 0 Å². The highest BCUT2D eigenvalue weighted by Crippen LogP contribution is 2.58. The fraction of sp³-hybridized carbons (Fsp3) is 0.188. The van der Waals surface area contributed by atoms with Gasteiger partial charge in [-0.05, 0) is 55.3 Å². The van der Waals surface area contributed by atoms with Crippen molar-refractivity contribution in [3.05, 3.63) is 120 Å². The number of hydrogen-bond acceptors (Lipinski definition) is 1. The molecule has 2 aliphatic carbocycles. The monoisotopic (exact) mass is 518 g/mol. The van der Waals surface area contributed by atoms with Crippen molar-refractivity contribution in [1.29, 1.82) is 0 Å². The molecule has 1 aliphatic heterocycles. The average molecular weight is 519 g/mol. The predicted octanol–water partition coefficient (Wildman–Crippen LogP) is 8.67. The summed E-state index contributed by atoms with van der Waals surface area (Å²) in [6, 6.07) is 28.5. The van der Waals surface area contributed by atoms with Crippen LogP contribution in [0.25, 0.3) is 27.5 Å². The molecule has 0 N–H and O–H groups in total. The van der Waals surface area contributed by atoms with Crippen molar-refractivity contribution in [3.63, 3.8) is 0 Å². The first-order valence-electron chi connectivity index (χ1n) is 12.4. The summed E-state index contributed by atoms with van der Waals surface area (Å²) in [6.07, 6.45) is 10.3. The van der Waals surface area contributed by atoms with Crippen molar-refractivity contribution < 1.29 is 0 Å². The molecule has 7 rings (SSSR count). The van der Waals surface area contributed by atoms with E-state index in [4.69, 9.17) is 0 Å². The Bertz CT molecular complexity index is 1560. The zero-order valence-corrected chi connectivity index (χ0v) is 21.5. The summed E-state index contributed by atoms with van der Waals surface area (Å²) in [5.41, 5.74) is 9.26. The number of alkyl halides is 1. The number of rotatable bonds is 2. The predicted molar refractivity (Wildman–Crippen MR) is 151 cm³/mol. The summed E-state index contributed by atoms with van der Waals surface area (Å²) in [5.74, 6) is 0.380. The quantitative estimate of drug-likeness (QED) is 0.241. The van der Waals surface area contributed by atoms with E-state index in [0.29, 0.717) is 5.92 Å². The lowest BCUT2D eigenvalue weighted by Gasteiger charge is -2.36. The van der Waals surface area contributed by atoms with Crippen LogP contribution in [-0.4, -0.2) is 9.39 Å². The Hall–Kier alpha value is -3.30. The van der Waals surface area contributed by atoms with Crippen LogP contribution in [-0.2, 0) is 0 Å². The van der Waals surface area contributed by atoms with Crippen LogP contribution in [0.15, 0.2) is 120 Å². The molecule has 0 saturated heterocycles. The number of aromatic nitrogens is 1. The Kier molecular flexibility index (Phi) is 4.56. The molecule has 3 aliphatic rings. The molecule has 2 heterocycles. The van der Waals surface area contributed by atoms with Gasteiger partial charge in [0.15, 0.2) is 0 Å². The number of anilines is 1. The molecule has 4 aromatic rings. The molecule has 172 valence electrons. The van der Waals surface area contributed by atoms with Crippen molar-refractivity contribution in [3.8, 4) is 0 Å². The van der Waals surface area contributed by atoms with E-state index in [1.165, 1.54) is 50.2 Å². The molecular formula is C32H27BrN2. The Labute approximate surface area is 214 Å². The van der Waals surface area contributed by atoms with Gasteiger partial charge in [0.25, 0.3) is 0 Å². The molecule has 0 spiro atoms. The number of hydrogen-bond donors (Lipinski definition) is 0. The van der Waals surface area contributed by atoms with Crippen LogP contribution in [0.3, 0.4) is 0 Å². The van der Waals surface area contributed by atoms with E-state index >= 15 is 0 Å². The summed E-state index contributed by atoms with van der Waals surface area (Å²) < 4.78 is 2.51. The lowest BCUT2D eigenvalue weighted by Crippen LogP contribution is -2.33. The van der Waals surface area contributed by atoms with E-state index in [1.807, 2.05) is 0 Å². The molecule has 1 aromatic heterocycles. The van der Waals surface area contributed by atoms with E-state index < -0.39 is 0 Å². The molecule has 3 atom stereocenters. The van der Waals surface area contributed by atoms with Crippen molar-refractivity contribution in [1.82, 2.24) is 4.57 Å². The van der Waals surface area contributed by atoms with Gasteiger partial charge in [-0.2, -0.15) is 0 Å². The minimum atomic E-state index is -0.135. The lowest BCUT2D eigenvalue weighted by molar-refractivity contribution is 0.521. The molecule has 0 radical (unpaired) electrons. The second-order valence-corrected chi connectivity index (χ2v) is 11.1. The van der Waals surface area contributed by atoms with Gasteiger partial charge in [0.2, 0.25) is 0 Å². The number of benzene rings is 3. The number of nitrogens with zero attached hydrogens (tertiary/aromatic N) is 2. The third-order valence-corrected chi connectivity index (χ3v) is 9.37. The summed E-state index contributed by atoms with van der Waals surface area (Å²) in [4.78, 5) is 2.75. The van der Waals surface area contributed by atoms with Gasteiger partial charge < -0.3 is 9.47 Å². The van der Waals surface area contributed by atoms with Crippen LogP contribution in [0.2, 0.25) is 0 Å². The Balaban J connectivity index is 1.51. The van der Waals surface area contributed by atoms with E-state index in [0.717, 1.165) is 6.42 Å². The second kappa shape index (κ2) is 7.60. The van der Waals surface area contributed by atoms with Gasteiger partial charge in [0.05, 0.1) is 16.4 Å². The highest BCUT2D eigenvalue weighted by Gasteiger charge is 2.51. The van der Waals surface area contributed by atoms with Gasteiger partial charge >= 0.3 is 0 Å². The first-order chi connectivity index (χ1) is 17.1. The van der Waals surface area contributed by atoms with Crippen LogP contribution in [0, 0.1) is 11.3 Å². The fourth-order valence-corrected chi connectivity index (χ4v) is 7.04. The van der Waals surface area contributed by atoms with Crippen LogP contribution in [0.4, 0.5) is 5.69 Å². The van der Waals surface area contributed by atoms with Crippen molar-refractivity contribution in [2.24, 2.45) is 11.3 Å². The third-order valence-electron chi connectivity index (χ3n) is 8.15. The van der Waals surface area contributed by atoms with Crippen molar-refractivity contribution in [2.45, 2.75) is 25.1 Å². The Morgan fingerprint density at radius 3 is 2.17 bits per heavy atom. The van der Waals surface area contributed by atoms with Crippen molar-refractivity contribution in [2.75, 3.05) is 4.90 Å². The minimum absolute atomic E-state index is 0.135. The maximum atomic E-state index is 4.05. The molecule has 3 heteroatoms. The first-order valence-corrected chi connectivity index (χ1v) is 13.3. The second-order valence-electron chi connectivity index (χ2n) is 10.1. The molecule has 3 aromatic carbocycles. The number of allylic oxidation sites excluding steroid dienone is 7. The first kappa shape index (κ1) is 21.0. The fourth-order valence-electron chi connectivity index (χ4n) is 6.39. The van der Waals surface area contributed by atoms with Crippen molar-refractivity contribution >= 4 is 49.1 Å². The molecular weight excluding hydrogens is 492 g/mol. The lowest BCUT2D eigenvalue weighted by atomic mass is 9.73. The van der Waals surface area contributed by atoms with Gasteiger partial charge in [0.1, 0.15) is 0 Å². The maximum Gasteiger partial charge on any atom is 0.0537 e. The zero-order valence-electron chi connectivity index (χ0n) is 19.9. The van der Waals surface area contributed by atoms with Crippen LogP contribution < -0.4 is 4.90 Å². The third kappa shape index (κ3) is 2.82. The van der Waals surface area contributed by atoms with Gasteiger partial charge in [0, 0.05) is 44.3 Å². The van der Waals surface area contributed by atoms with E-state index in [-0.39, 0.29) is 10.2 Å². The van der Waals surface area contributed by atoms with E-state index in [2.05, 4.69) is 142 Å². The zero-order chi connectivity index (χ0) is 23.7. The Morgan fingerprint density at radius 1 is 0.857 bits per heavy atom.